The Balaban J connectivity index is 1.27. The average Bonchev–Trinajstić information content (AvgIpc) is 2.88. The standard InChI is InChI=1S/C29H23N3S/c1-32(29(30)26-18-17-22-7-2-3-9-25(22)19-26)33-31-20-21-13-15-24(16-14-21)28-12-6-10-23-8-4-5-11-27(23)28/h2-20,30H,1H3/b30-29?,31-20-. The molecule has 5 aromatic carbocycles. The first-order valence-corrected chi connectivity index (χ1v) is 11.5. The van der Waals surface area contributed by atoms with Gasteiger partial charge in [0.2, 0.25) is 0 Å². The van der Waals surface area contributed by atoms with E-state index in [0.29, 0.717) is 5.84 Å². The monoisotopic (exact) mass is 445 g/mol. The van der Waals surface area contributed by atoms with Crippen LogP contribution < -0.4 is 0 Å². The Morgan fingerprint density at radius 3 is 2.27 bits per heavy atom. The first kappa shape index (κ1) is 21.0. The van der Waals surface area contributed by atoms with Crippen molar-refractivity contribution in [3.05, 3.63) is 120 Å². The molecule has 33 heavy (non-hydrogen) atoms. The van der Waals surface area contributed by atoms with Gasteiger partial charge in [0.05, 0.1) is 12.1 Å². The molecule has 0 spiro atoms. The van der Waals surface area contributed by atoms with E-state index in [1.165, 1.54) is 39.4 Å². The van der Waals surface area contributed by atoms with E-state index in [2.05, 4.69) is 89.3 Å². The quantitative estimate of drug-likeness (QED) is 0.172. The zero-order chi connectivity index (χ0) is 22.6. The normalized spacial score (nSPS) is 11.3. The van der Waals surface area contributed by atoms with Crippen LogP contribution in [0.25, 0.3) is 32.7 Å². The van der Waals surface area contributed by atoms with Crippen LogP contribution in [0.5, 0.6) is 0 Å². The largest absolute Gasteiger partial charge is 0.284 e. The number of amidine groups is 1. The third-order valence-electron chi connectivity index (χ3n) is 5.72. The number of nitrogens with zero attached hydrogens (tertiary/aromatic N) is 2. The highest BCUT2D eigenvalue weighted by atomic mass is 32.2. The molecule has 0 aromatic heterocycles. The first-order chi connectivity index (χ1) is 16.2. The molecular weight excluding hydrogens is 422 g/mol. The summed E-state index contributed by atoms with van der Waals surface area (Å²) in [5, 5.41) is 13.3. The van der Waals surface area contributed by atoms with Crippen LogP contribution in [0.1, 0.15) is 11.1 Å². The minimum absolute atomic E-state index is 0.425. The fourth-order valence-corrected chi connectivity index (χ4v) is 4.44. The minimum atomic E-state index is 0.425. The Labute approximate surface area is 198 Å². The Morgan fingerprint density at radius 1 is 0.758 bits per heavy atom. The molecule has 0 amide bonds. The number of rotatable bonds is 5. The van der Waals surface area contributed by atoms with Gasteiger partial charge in [-0.2, -0.15) is 0 Å². The van der Waals surface area contributed by atoms with Gasteiger partial charge in [-0.3, -0.25) is 9.71 Å². The van der Waals surface area contributed by atoms with Crippen molar-refractivity contribution in [2.75, 3.05) is 7.05 Å². The molecule has 5 rings (SSSR count). The molecule has 3 nitrogen and oxygen atoms in total. The van der Waals surface area contributed by atoms with Crippen molar-refractivity contribution in [1.82, 2.24) is 4.31 Å². The van der Waals surface area contributed by atoms with E-state index in [1.54, 1.807) is 4.31 Å². The fraction of sp³-hybridized carbons (Fsp3) is 0.0345. The lowest BCUT2D eigenvalue weighted by molar-refractivity contribution is 0.836. The van der Waals surface area contributed by atoms with Crippen LogP contribution in [0, 0.1) is 5.41 Å². The van der Waals surface area contributed by atoms with Crippen LogP contribution in [0.3, 0.4) is 0 Å². The molecule has 0 fully saturated rings. The van der Waals surface area contributed by atoms with Crippen LogP contribution in [0.4, 0.5) is 0 Å². The van der Waals surface area contributed by atoms with Gasteiger partial charge >= 0.3 is 0 Å². The van der Waals surface area contributed by atoms with Crippen molar-refractivity contribution in [2.45, 2.75) is 0 Å². The molecule has 0 heterocycles. The Kier molecular flexibility index (Phi) is 5.92. The maximum atomic E-state index is 8.51. The van der Waals surface area contributed by atoms with Gasteiger partial charge in [-0.25, -0.2) is 4.40 Å². The lowest BCUT2D eigenvalue weighted by Crippen LogP contribution is -2.18. The summed E-state index contributed by atoms with van der Waals surface area (Å²) in [6, 6.07) is 37.6. The SMILES string of the molecule is CN(S/N=C\c1ccc(-c2cccc3ccccc23)cc1)C(=N)c1ccc2ccccc2c1. The van der Waals surface area contributed by atoms with E-state index in [9.17, 15) is 0 Å². The summed E-state index contributed by atoms with van der Waals surface area (Å²) in [7, 11) is 1.86. The lowest BCUT2D eigenvalue weighted by atomic mass is 9.98. The van der Waals surface area contributed by atoms with Crippen molar-refractivity contribution in [3.8, 4) is 11.1 Å². The highest BCUT2D eigenvalue weighted by Crippen LogP contribution is 2.28. The zero-order valence-electron chi connectivity index (χ0n) is 18.3. The van der Waals surface area contributed by atoms with Gasteiger partial charge in [-0.15, -0.1) is 0 Å². The summed E-state index contributed by atoms with van der Waals surface area (Å²) in [5.41, 5.74) is 4.32. The number of fused-ring (bicyclic) bond motifs is 2. The van der Waals surface area contributed by atoms with Crippen LogP contribution >= 0.6 is 12.1 Å². The van der Waals surface area contributed by atoms with Crippen LogP contribution in [0.2, 0.25) is 0 Å². The molecule has 5 aromatic rings. The molecule has 0 aliphatic carbocycles. The second-order valence-electron chi connectivity index (χ2n) is 7.87. The van der Waals surface area contributed by atoms with Crippen molar-refractivity contribution < 1.29 is 0 Å². The van der Waals surface area contributed by atoms with Gasteiger partial charge in [0.15, 0.2) is 0 Å². The number of benzene rings is 5. The van der Waals surface area contributed by atoms with Gasteiger partial charge in [0.1, 0.15) is 5.84 Å². The van der Waals surface area contributed by atoms with E-state index >= 15 is 0 Å². The van der Waals surface area contributed by atoms with Crippen LogP contribution in [-0.4, -0.2) is 23.4 Å². The highest BCUT2D eigenvalue weighted by molar-refractivity contribution is 7.96. The van der Waals surface area contributed by atoms with E-state index in [4.69, 9.17) is 5.41 Å². The van der Waals surface area contributed by atoms with E-state index in [1.807, 2.05) is 37.5 Å². The van der Waals surface area contributed by atoms with Crippen molar-refractivity contribution >= 4 is 45.7 Å². The molecule has 0 saturated heterocycles. The Morgan fingerprint density at radius 2 is 1.45 bits per heavy atom. The molecule has 160 valence electrons. The molecule has 0 saturated carbocycles. The van der Waals surface area contributed by atoms with Crippen molar-refractivity contribution in [1.29, 1.82) is 5.41 Å². The molecule has 0 bridgehead atoms. The van der Waals surface area contributed by atoms with E-state index in [-0.39, 0.29) is 0 Å². The predicted octanol–water partition coefficient (Wildman–Crippen LogP) is 7.60. The van der Waals surface area contributed by atoms with Gasteiger partial charge in [0, 0.05) is 18.8 Å². The summed E-state index contributed by atoms with van der Waals surface area (Å²) >= 11 is 1.26. The first-order valence-electron chi connectivity index (χ1n) is 10.8. The third kappa shape index (κ3) is 4.52. The number of hydrogen-bond donors (Lipinski definition) is 1. The van der Waals surface area contributed by atoms with Gasteiger partial charge in [-0.1, -0.05) is 103 Å². The molecule has 0 aliphatic heterocycles. The zero-order valence-corrected chi connectivity index (χ0v) is 19.1. The summed E-state index contributed by atoms with van der Waals surface area (Å²) in [5.74, 6) is 0.425. The number of hydrogen-bond acceptors (Lipinski definition) is 3. The maximum Gasteiger partial charge on any atom is 0.139 e. The highest BCUT2D eigenvalue weighted by Gasteiger charge is 2.09. The fourth-order valence-electron chi connectivity index (χ4n) is 3.94. The second-order valence-corrected chi connectivity index (χ2v) is 8.79. The molecule has 0 aliphatic rings. The Bertz CT molecular complexity index is 1470. The number of nitrogens with one attached hydrogen (secondary N) is 1. The lowest BCUT2D eigenvalue weighted by Gasteiger charge is -2.16. The summed E-state index contributed by atoms with van der Waals surface area (Å²) in [6.45, 7) is 0. The van der Waals surface area contributed by atoms with E-state index < -0.39 is 0 Å². The van der Waals surface area contributed by atoms with Crippen LogP contribution in [0.15, 0.2) is 114 Å². The second kappa shape index (κ2) is 9.31. The Hall–Kier alpha value is -3.89. The maximum absolute atomic E-state index is 8.51. The van der Waals surface area contributed by atoms with Gasteiger partial charge in [0.25, 0.3) is 0 Å². The molecule has 0 radical (unpaired) electrons. The van der Waals surface area contributed by atoms with Crippen molar-refractivity contribution in [2.24, 2.45) is 4.40 Å². The summed E-state index contributed by atoms with van der Waals surface area (Å²) in [6.07, 6.45) is 1.84. The molecule has 0 atom stereocenters. The third-order valence-corrected chi connectivity index (χ3v) is 6.35. The smallest absolute Gasteiger partial charge is 0.139 e. The predicted molar refractivity (Wildman–Crippen MR) is 143 cm³/mol. The summed E-state index contributed by atoms with van der Waals surface area (Å²) < 4.78 is 6.25. The van der Waals surface area contributed by atoms with Crippen molar-refractivity contribution in [3.63, 3.8) is 0 Å². The molecular formula is C29H23N3S. The van der Waals surface area contributed by atoms with E-state index in [0.717, 1.165) is 16.5 Å². The van der Waals surface area contributed by atoms with Gasteiger partial charge in [-0.05, 0) is 44.3 Å². The topological polar surface area (TPSA) is 39.5 Å². The molecule has 4 heteroatoms. The van der Waals surface area contributed by atoms with Crippen LogP contribution in [-0.2, 0) is 0 Å². The molecule has 1 N–H and O–H groups in total. The average molecular weight is 446 g/mol. The minimum Gasteiger partial charge on any atom is -0.284 e. The molecule has 0 unspecified atom stereocenters. The summed E-state index contributed by atoms with van der Waals surface area (Å²) in [4.78, 5) is 0. The van der Waals surface area contributed by atoms with Gasteiger partial charge < -0.3 is 0 Å².